The molecule has 0 amide bonds. The van der Waals surface area contributed by atoms with Gasteiger partial charge < -0.3 is 5.32 Å². The second kappa shape index (κ2) is 5.07. The quantitative estimate of drug-likeness (QED) is 0.865. The Kier molecular flexibility index (Phi) is 4.37. The average molecular weight is 254 g/mol. The minimum Gasteiger partial charge on any atom is -0.304 e. The minimum absolute atomic E-state index is 0.147. The van der Waals surface area contributed by atoms with E-state index in [4.69, 9.17) is 0 Å². The van der Waals surface area contributed by atoms with Crippen molar-refractivity contribution in [2.24, 2.45) is 5.41 Å². The highest BCUT2D eigenvalue weighted by Crippen LogP contribution is 2.30. The van der Waals surface area contributed by atoms with Gasteiger partial charge in [-0.3, -0.25) is 0 Å². The maximum absolute atomic E-state index is 4.32. The summed E-state index contributed by atoms with van der Waals surface area (Å²) in [5.41, 5.74) is 3.58. The van der Waals surface area contributed by atoms with E-state index >= 15 is 0 Å². The molecule has 1 atom stereocenters. The van der Waals surface area contributed by atoms with Gasteiger partial charge in [-0.1, -0.05) is 20.8 Å². The van der Waals surface area contributed by atoms with Crippen LogP contribution in [0.15, 0.2) is 5.51 Å². The SMILES string of the molecule is Cc1ncsc1C(C)NC(C)(C)CC(C)(C)C. The van der Waals surface area contributed by atoms with Crippen molar-refractivity contribution in [3.05, 3.63) is 16.1 Å². The summed E-state index contributed by atoms with van der Waals surface area (Å²) < 4.78 is 0. The summed E-state index contributed by atoms with van der Waals surface area (Å²) in [5, 5.41) is 3.73. The molecule has 17 heavy (non-hydrogen) atoms. The molecule has 0 aromatic carbocycles. The Labute approximate surface area is 110 Å². The van der Waals surface area contributed by atoms with Crippen LogP contribution in [0.5, 0.6) is 0 Å². The number of rotatable bonds is 4. The Morgan fingerprint density at radius 1 is 1.29 bits per heavy atom. The fourth-order valence-electron chi connectivity index (χ4n) is 2.75. The molecule has 1 rings (SSSR count). The lowest BCUT2D eigenvalue weighted by molar-refractivity contribution is 0.227. The molecule has 1 aromatic rings. The molecule has 0 aliphatic carbocycles. The van der Waals surface area contributed by atoms with Gasteiger partial charge in [0.25, 0.3) is 0 Å². The second-order valence-electron chi connectivity index (χ2n) is 6.79. The summed E-state index contributed by atoms with van der Waals surface area (Å²) in [6.45, 7) is 15.7. The first-order chi connectivity index (χ1) is 7.61. The third-order valence-electron chi connectivity index (χ3n) is 2.76. The van der Waals surface area contributed by atoms with Gasteiger partial charge in [0.05, 0.1) is 11.2 Å². The number of nitrogens with one attached hydrogen (secondary N) is 1. The number of aromatic nitrogens is 1. The normalized spacial score (nSPS) is 15.0. The van der Waals surface area contributed by atoms with Crippen LogP contribution in [-0.4, -0.2) is 10.5 Å². The molecule has 1 unspecified atom stereocenters. The molecular weight excluding hydrogens is 228 g/mol. The maximum Gasteiger partial charge on any atom is 0.0798 e. The summed E-state index contributed by atoms with van der Waals surface area (Å²) in [4.78, 5) is 5.67. The molecule has 0 radical (unpaired) electrons. The Morgan fingerprint density at radius 3 is 2.29 bits per heavy atom. The number of hydrogen-bond donors (Lipinski definition) is 1. The first-order valence-electron chi connectivity index (χ1n) is 6.28. The highest BCUT2D eigenvalue weighted by Gasteiger charge is 2.27. The summed E-state index contributed by atoms with van der Waals surface area (Å²) >= 11 is 1.74. The topological polar surface area (TPSA) is 24.9 Å². The van der Waals surface area contributed by atoms with Crippen molar-refractivity contribution >= 4 is 11.3 Å². The van der Waals surface area contributed by atoms with E-state index in [2.05, 4.69) is 58.8 Å². The second-order valence-corrected chi connectivity index (χ2v) is 7.68. The molecule has 1 heterocycles. The first kappa shape index (κ1) is 14.7. The molecule has 2 nitrogen and oxygen atoms in total. The summed E-state index contributed by atoms with van der Waals surface area (Å²) in [7, 11) is 0. The molecule has 0 bridgehead atoms. The van der Waals surface area contributed by atoms with Crippen LogP contribution in [-0.2, 0) is 0 Å². The Bertz CT molecular complexity index is 361. The molecule has 1 aromatic heterocycles. The van der Waals surface area contributed by atoms with Crippen LogP contribution in [0.25, 0.3) is 0 Å². The van der Waals surface area contributed by atoms with Crippen molar-refractivity contribution < 1.29 is 0 Å². The van der Waals surface area contributed by atoms with Gasteiger partial charge in [-0.05, 0) is 39.5 Å². The average Bonchev–Trinajstić information content (AvgIpc) is 2.44. The molecule has 0 spiro atoms. The van der Waals surface area contributed by atoms with Gasteiger partial charge >= 0.3 is 0 Å². The Hall–Kier alpha value is -0.410. The molecule has 0 saturated carbocycles. The van der Waals surface area contributed by atoms with Crippen LogP contribution < -0.4 is 5.32 Å². The predicted molar refractivity (Wildman–Crippen MR) is 76.6 cm³/mol. The molecular formula is C14H26N2S. The van der Waals surface area contributed by atoms with Gasteiger partial charge in [0.2, 0.25) is 0 Å². The molecule has 0 aliphatic heterocycles. The summed E-state index contributed by atoms with van der Waals surface area (Å²) in [6, 6.07) is 0.375. The number of thiazole rings is 1. The first-order valence-corrected chi connectivity index (χ1v) is 7.16. The highest BCUT2D eigenvalue weighted by molar-refractivity contribution is 7.09. The third kappa shape index (κ3) is 4.76. The summed E-state index contributed by atoms with van der Waals surface area (Å²) in [5.74, 6) is 0. The zero-order valence-electron chi connectivity index (χ0n) is 12.2. The molecule has 3 heteroatoms. The van der Waals surface area contributed by atoms with Crippen molar-refractivity contribution in [1.29, 1.82) is 0 Å². The van der Waals surface area contributed by atoms with Crippen LogP contribution in [0.3, 0.4) is 0 Å². The lowest BCUT2D eigenvalue weighted by Gasteiger charge is -2.35. The fourth-order valence-corrected chi connectivity index (χ4v) is 3.57. The van der Waals surface area contributed by atoms with E-state index in [-0.39, 0.29) is 5.54 Å². The molecule has 0 aliphatic rings. The zero-order valence-corrected chi connectivity index (χ0v) is 13.0. The van der Waals surface area contributed by atoms with Gasteiger partial charge in [-0.2, -0.15) is 0 Å². The van der Waals surface area contributed by atoms with E-state index in [0.717, 1.165) is 12.1 Å². The van der Waals surface area contributed by atoms with E-state index < -0.39 is 0 Å². The van der Waals surface area contributed by atoms with E-state index in [0.29, 0.717) is 11.5 Å². The van der Waals surface area contributed by atoms with Crippen LogP contribution in [0.2, 0.25) is 0 Å². The Morgan fingerprint density at radius 2 is 1.88 bits per heavy atom. The van der Waals surface area contributed by atoms with Gasteiger partial charge in [0.15, 0.2) is 0 Å². The van der Waals surface area contributed by atoms with Crippen LogP contribution in [0.4, 0.5) is 0 Å². The van der Waals surface area contributed by atoms with Gasteiger partial charge in [-0.25, -0.2) is 4.98 Å². The van der Waals surface area contributed by atoms with Crippen LogP contribution in [0, 0.1) is 12.3 Å². The molecule has 98 valence electrons. The van der Waals surface area contributed by atoms with E-state index in [1.807, 2.05) is 5.51 Å². The van der Waals surface area contributed by atoms with Crippen LogP contribution >= 0.6 is 11.3 Å². The summed E-state index contributed by atoms with van der Waals surface area (Å²) in [6.07, 6.45) is 1.15. The third-order valence-corrected chi connectivity index (χ3v) is 3.87. The Balaban J connectivity index is 2.68. The number of aryl methyl sites for hydroxylation is 1. The molecule has 0 fully saturated rings. The number of hydrogen-bond acceptors (Lipinski definition) is 3. The van der Waals surface area contributed by atoms with Crippen molar-refractivity contribution in [1.82, 2.24) is 10.3 Å². The standard InChI is InChI=1S/C14H26N2S/c1-10-12(17-9-15-10)11(2)16-14(6,7)8-13(3,4)5/h9,11,16H,8H2,1-7H3. The van der Waals surface area contributed by atoms with Crippen molar-refractivity contribution in [2.75, 3.05) is 0 Å². The predicted octanol–water partition coefficient (Wildman–Crippen LogP) is 4.32. The number of nitrogens with zero attached hydrogens (tertiary/aromatic N) is 1. The minimum atomic E-state index is 0.147. The lowest BCUT2D eigenvalue weighted by Crippen LogP contribution is -2.43. The van der Waals surface area contributed by atoms with Crippen molar-refractivity contribution in [3.63, 3.8) is 0 Å². The van der Waals surface area contributed by atoms with E-state index in [1.165, 1.54) is 4.88 Å². The van der Waals surface area contributed by atoms with Gasteiger partial charge in [0, 0.05) is 16.5 Å². The largest absolute Gasteiger partial charge is 0.304 e. The van der Waals surface area contributed by atoms with Crippen molar-refractivity contribution in [2.45, 2.75) is 66.5 Å². The van der Waals surface area contributed by atoms with E-state index in [9.17, 15) is 0 Å². The molecule has 0 saturated heterocycles. The highest BCUT2D eigenvalue weighted by atomic mass is 32.1. The lowest BCUT2D eigenvalue weighted by atomic mass is 9.81. The molecule has 1 N–H and O–H groups in total. The van der Waals surface area contributed by atoms with Gasteiger partial charge in [-0.15, -0.1) is 11.3 Å². The van der Waals surface area contributed by atoms with E-state index in [1.54, 1.807) is 11.3 Å². The smallest absolute Gasteiger partial charge is 0.0798 e. The van der Waals surface area contributed by atoms with Crippen LogP contribution in [0.1, 0.15) is 64.6 Å². The monoisotopic (exact) mass is 254 g/mol. The maximum atomic E-state index is 4.32. The fraction of sp³-hybridized carbons (Fsp3) is 0.786. The van der Waals surface area contributed by atoms with Crippen molar-refractivity contribution in [3.8, 4) is 0 Å². The zero-order chi connectivity index (χ0) is 13.3. The van der Waals surface area contributed by atoms with Gasteiger partial charge in [0.1, 0.15) is 0 Å².